The van der Waals surface area contributed by atoms with Gasteiger partial charge in [-0.1, -0.05) is 11.6 Å². The van der Waals surface area contributed by atoms with Crippen LogP contribution in [-0.4, -0.2) is 42.3 Å². The maximum absolute atomic E-state index is 14.4. The standard InChI is InChI=1S/C20H18ClF3N2O2/c1-11-10-25(19-4-3-13(12(2)27)7-18(19)24)5-6-26(11)20(28)14-8-16(22)17(23)9-15(14)21/h3-4,7-9,11H,5-6,10H2,1-2H3/t11-/m0/s1. The quantitative estimate of drug-likeness (QED) is 0.559. The molecule has 0 aromatic heterocycles. The van der Waals surface area contributed by atoms with Gasteiger partial charge in [-0.2, -0.15) is 0 Å². The number of carbonyl (C=O) groups is 2. The molecule has 1 heterocycles. The molecule has 0 saturated carbocycles. The van der Waals surface area contributed by atoms with Gasteiger partial charge in [0.25, 0.3) is 5.91 Å². The molecule has 1 aliphatic heterocycles. The van der Waals surface area contributed by atoms with E-state index in [1.165, 1.54) is 17.9 Å². The Kier molecular flexibility index (Phi) is 5.65. The molecule has 2 aromatic carbocycles. The van der Waals surface area contributed by atoms with Gasteiger partial charge in [0.05, 0.1) is 16.3 Å². The summed E-state index contributed by atoms with van der Waals surface area (Å²) in [6, 6.07) is 5.54. The molecule has 1 aliphatic rings. The predicted octanol–water partition coefficient (Wildman–Crippen LogP) is 4.31. The summed E-state index contributed by atoms with van der Waals surface area (Å²) in [5.41, 5.74) is 0.517. The second-order valence-electron chi connectivity index (χ2n) is 6.76. The number of rotatable bonds is 3. The Hall–Kier alpha value is -2.54. The van der Waals surface area contributed by atoms with Crippen LogP contribution in [0, 0.1) is 17.5 Å². The SMILES string of the molecule is CC(=O)c1ccc(N2CCN(C(=O)c3cc(F)c(F)cc3Cl)[C@@H](C)C2)c(F)c1. The van der Waals surface area contributed by atoms with E-state index in [0.717, 1.165) is 12.1 Å². The van der Waals surface area contributed by atoms with Gasteiger partial charge < -0.3 is 9.80 Å². The van der Waals surface area contributed by atoms with Crippen LogP contribution in [0.3, 0.4) is 0 Å². The largest absolute Gasteiger partial charge is 0.365 e. The van der Waals surface area contributed by atoms with Crippen molar-refractivity contribution < 1.29 is 22.8 Å². The van der Waals surface area contributed by atoms with Crippen molar-refractivity contribution >= 4 is 29.0 Å². The van der Waals surface area contributed by atoms with Crippen LogP contribution in [0.15, 0.2) is 30.3 Å². The molecule has 1 saturated heterocycles. The summed E-state index contributed by atoms with van der Waals surface area (Å²) < 4.78 is 41.2. The van der Waals surface area contributed by atoms with Crippen LogP contribution in [0.5, 0.6) is 0 Å². The first-order chi connectivity index (χ1) is 13.2. The summed E-state index contributed by atoms with van der Waals surface area (Å²) in [5, 5.41) is -0.163. The molecule has 0 unspecified atom stereocenters. The maximum Gasteiger partial charge on any atom is 0.255 e. The molecule has 148 valence electrons. The van der Waals surface area contributed by atoms with E-state index in [1.54, 1.807) is 24.0 Å². The van der Waals surface area contributed by atoms with E-state index in [9.17, 15) is 22.8 Å². The highest BCUT2D eigenvalue weighted by Crippen LogP contribution is 2.27. The van der Waals surface area contributed by atoms with E-state index >= 15 is 0 Å². The number of ketones is 1. The monoisotopic (exact) mass is 410 g/mol. The van der Waals surface area contributed by atoms with Crippen LogP contribution in [0.1, 0.15) is 34.6 Å². The van der Waals surface area contributed by atoms with Crippen molar-refractivity contribution in [1.82, 2.24) is 4.90 Å². The molecule has 2 aromatic rings. The third-order valence-corrected chi connectivity index (χ3v) is 5.14. The lowest BCUT2D eigenvalue weighted by molar-refractivity contribution is 0.0673. The van der Waals surface area contributed by atoms with Crippen molar-refractivity contribution in [3.8, 4) is 0 Å². The fraction of sp³-hybridized carbons (Fsp3) is 0.300. The molecule has 3 rings (SSSR count). The van der Waals surface area contributed by atoms with Gasteiger partial charge in [0.1, 0.15) is 5.82 Å². The predicted molar refractivity (Wildman–Crippen MR) is 100 cm³/mol. The number of Topliss-reactive ketones (excluding diaryl/α,β-unsaturated/α-hetero) is 1. The zero-order valence-corrected chi connectivity index (χ0v) is 16.1. The van der Waals surface area contributed by atoms with Gasteiger partial charge in [0.2, 0.25) is 0 Å². The van der Waals surface area contributed by atoms with Gasteiger partial charge in [0.15, 0.2) is 17.4 Å². The summed E-state index contributed by atoms with van der Waals surface area (Å²) >= 11 is 5.91. The van der Waals surface area contributed by atoms with Crippen molar-refractivity contribution in [2.45, 2.75) is 19.9 Å². The first-order valence-electron chi connectivity index (χ1n) is 8.70. The highest BCUT2D eigenvalue weighted by Gasteiger charge is 2.30. The molecule has 1 amide bonds. The molecule has 1 atom stereocenters. The number of halogens is 4. The lowest BCUT2D eigenvalue weighted by atomic mass is 10.1. The van der Waals surface area contributed by atoms with Crippen molar-refractivity contribution in [3.63, 3.8) is 0 Å². The van der Waals surface area contributed by atoms with Crippen molar-refractivity contribution in [3.05, 3.63) is 63.9 Å². The average molecular weight is 411 g/mol. The fourth-order valence-electron chi connectivity index (χ4n) is 3.30. The minimum atomic E-state index is -1.15. The highest BCUT2D eigenvalue weighted by atomic mass is 35.5. The molecule has 0 bridgehead atoms. The maximum atomic E-state index is 14.4. The Morgan fingerprint density at radius 3 is 2.32 bits per heavy atom. The molecule has 0 aliphatic carbocycles. The van der Waals surface area contributed by atoms with Crippen LogP contribution >= 0.6 is 11.6 Å². The molecule has 4 nitrogen and oxygen atoms in total. The number of hydrogen-bond acceptors (Lipinski definition) is 3. The summed E-state index contributed by atoms with van der Waals surface area (Å²) in [7, 11) is 0. The highest BCUT2D eigenvalue weighted by molar-refractivity contribution is 6.33. The summed E-state index contributed by atoms with van der Waals surface area (Å²) in [5.74, 6) is -3.51. The third kappa shape index (κ3) is 3.85. The van der Waals surface area contributed by atoms with E-state index in [2.05, 4.69) is 0 Å². The van der Waals surface area contributed by atoms with Crippen molar-refractivity contribution in [2.24, 2.45) is 0 Å². The molecule has 0 N–H and O–H groups in total. The molecule has 28 heavy (non-hydrogen) atoms. The third-order valence-electron chi connectivity index (χ3n) is 4.82. The fourth-order valence-corrected chi connectivity index (χ4v) is 3.53. The van der Waals surface area contributed by atoms with Gasteiger partial charge in [-0.05, 0) is 44.2 Å². The van der Waals surface area contributed by atoms with E-state index < -0.39 is 23.4 Å². The average Bonchev–Trinajstić information content (AvgIpc) is 2.64. The number of anilines is 1. The Morgan fingerprint density at radius 2 is 1.71 bits per heavy atom. The zero-order valence-electron chi connectivity index (χ0n) is 15.3. The second-order valence-corrected chi connectivity index (χ2v) is 7.17. The molecule has 1 fully saturated rings. The minimum absolute atomic E-state index is 0.113. The molecular formula is C20H18ClF3N2O2. The zero-order chi connectivity index (χ0) is 20.6. The molecular weight excluding hydrogens is 393 g/mol. The second kappa shape index (κ2) is 7.83. The normalized spacial score (nSPS) is 17.0. The lowest BCUT2D eigenvalue weighted by Gasteiger charge is -2.41. The number of nitrogens with zero attached hydrogens (tertiary/aromatic N) is 2. The van der Waals surface area contributed by atoms with Crippen LogP contribution in [0.4, 0.5) is 18.9 Å². The molecule has 8 heteroatoms. The van der Waals surface area contributed by atoms with E-state index in [1.807, 2.05) is 0 Å². The summed E-state index contributed by atoms with van der Waals surface area (Å²) in [4.78, 5) is 27.4. The smallest absolute Gasteiger partial charge is 0.255 e. The number of carbonyl (C=O) groups excluding carboxylic acids is 2. The van der Waals surface area contributed by atoms with Crippen LogP contribution in [0.2, 0.25) is 5.02 Å². The lowest BCUT2D eigenvalue weighted by Crippen LogP contribution is -2.54. The summed E-state index contributed by atoms with van der Waals surface area (Å²) in [6.45, 7) is 4.07. The number of hydrogen-bond donors (Lipinski definition) is 0. The minimum Gasteiger partial charge on any atom is -0.365 e. The van der Waals surface area contributed by atoms with Crippen molar-refractivity contribution in [1.29, 1.82) is 0 Å². The van der Waals surface area contributed by atoms with Gasteiger partial charge >= 0.3 is 0 Å². The molecule has 0 spiro atoms. The number of piperazine rings is 1. The van der Waals surface area contributed by atoms with E-state index in [0.29, 0.717) is 18.8 Å². The van der Waals surface area contributed by atoms with Gasteiger partial charge in [-0.15, -0.1) is 0 Å². The van der Waals surface area contributed by atoms with Gasteiger partial charge in [0, 0.05) is 31.2 Å². The van der Waals surface area contributed by atoms with Crippen molar-refractivity contribution in [2.75, 3.05) is 24.5 Å². The topological polar surface area (TPSA) is 40.6 Å². The van der Waals surface area contributed by atoms with Crippen LogP contribution in [0.25, 0.3) is 0 Å². The van der Waals surface area contributed by atoms with Crippen LogP contribution < -0.4 is 4.90 Å². The van der Waals surface area contributed by atoms with E-state index in [-0.39, 0.29) is 34.5 Å². The Labute approximate surface area is 165 Å². The number of benzene rings is 2. The Balaban J connectivity index is 1.78. The number of amides is 1. The first-order valence-corrected chi connectivity index (χ1v) is 9.07. The van der Waals surface area contributed by atoms with Gasteiger partial charge in [-0.3, -0.25) is 9.59 Å². The molecule has 0 radical (unpaired) electrons. The van der Waals surface area contributed by atoms with E-state index in [4.69, 9.17) is 11.6 Å². The Morgan fingerprint density at radius 1 is 1.04 bits per heavy atom. The summed E-state index contributed by atoms with van der Waals surface area (Å²) in [6.07, 6.45) is 0. The van der Waals surface area contributed by atoms with Crippen LogP contribution in [-0.2, 0) is 0 Å². The first kappa shape index (κ1) is 20.2. The Bertz CT molecular complexity index is 951. The van der Waals surface area contributed by atoms with Gasteiger partial charge in [-0.25, -0.2) is 13.2 Å².